The Bertz CT molecular complexity index is 735. The quantitative estimate of drug-likeness (QED) is 0.914. The average molecular weight is 287 g/mol. The Kier molecular flexibility index (Phi) is 3.16. The number of hydrogen-bond acceptors (Lipinski definition) is 3. The molecule has 21 heavy (non-hydrogen) atoms. The number of benzene rings is 1. The number of aryl methyl sites for hydroxylation is 1. The number of imidazole rings is 1. The van der Waals surface area contributed by atoms with Crippen molar-refractivity contribution in [1.82, 2.24) is 14.5 Å². The molecule has 0 aliphatic carbocycles. The van der Waals surface area contributed by atoms with Gasteiger partial charge in [-0.05, 0) is 31.5 Å². The van der Waals surface area contributed by atoms with Crippen LogP contribution in [-0.4, -0.2) is 45.0 Å². The van der Waals surface area contributed by atoms with Gasteiger partial charge in [-0.1, -0.05) is 0 Å². The molecular formula is C15H17N3O3. The SMILES string of the molecule is Cc1nc2cc(C(=O)O)ccc2n1C1CCC(=O)N(C)C1. The highest BCUT2D eigenvalue weighted by Crippen LogP contribution is 2.28. The lowest BCUT2D eigenvalue weighted by atomic mass is 10.0. The predicted octanol–water partition coefficient (Wildman–Crippen LogP) is 1.84. The van der Waals surface area contributed by atoms with E-state index < -0.39 is 5.97 Å². The molecule has 110 valence electrons. The van der Waals surface area contributed by atoms with E-state index in [-0.39, 0.29) is 17.5 Å². The number of likely N-dealkylation sites (tertiary alicyclic amines) is 1. The van der Waals surface area contributed by atoms with E-state index in [0.29, 0.717) is 18.5 Å². The number of aromatic carboxylic acids is 1. The topological polar surface area (TPSA) is 75.4 Å². The summed E-state index contributed by atoms with van der Waals surface area (Å²) in [6.07, 6.45) is 1.32. The van der Waals surface area contributed by atoms with Gasteiger partial charge in [0.25, 0.3) is 0 Å². The van der Waals surface area contributed by atoms with Crippen LogP contribution in [0.2, 0.25) is 0 Å². The second-order valence-corrected chi connectivity index (χ2v) is 5.50. The highest BCUT2D eigenvalue weighted by molar-refractivity contribution is 5.92. The minimum Gasteiger partial charge on any atom is -0.478 e. The number of likely N-dealkylation sites (N-methyl/N-ethyl adjacent to an activating group) is 1. The van der Waals surface area contributed by atoms with Crippen molar-refractivity contribution in [3.63, 3.8) is 0 Å². The standard InChI is InChI=1S/C15H17N3O3/c1-9-16-12-7-10(15(20)21)3-5-13(12)18(9)11-4-6-14(19)17(2)8-11/h3,5,7,11H,4,6,8H2,1-2H3,(H,20,21). The summed E-state index contributed by atoms with van der Waals surface area (Å²) >= 11 is 0. The van der Waals surface area contributed by atoms with Crippen molar-refractivity contribution >= 4 is 22.9 Å². The van der Waals surface area contributed by atoms with Crippen LogP contribution in [-0.2, 0) is 4.79 Å². The van der Waals surface area contributed by atoms with Crippen LogP contribution in [0, 0.1) is 6.92 Å². The van der Waals surface area contributed by atoms with Crippen molar-refractivity contribution in [2.45, 2.75) is 25.8 Å². The third-order valence-electron chi connectivity index (χ3n) is 4.08. The summed E-state index contributed by atoms with van der Waals surface area (Å²) in [6.45, 7) is 2.57. The van der Waals surface area contributed by atoms with E-state index >= 15 is 0 Å². The summed E-state index contributed by atoms with van der Waals surface area (Å²) in [4.78, 5) is 28.9. The Morgan fingerprint density at radius 2 is 2.19 bits per heavy atom. The maximum absolute atomic E-state index is 11.6. The van der Waals surface area contributed by atoms with Crippen LogP contribution in [0.4, 0.5) is 0 Å². The normalized spacial score (nSPS) is 19.2. The largest absolute Gasteiger partial charge is 0.478 e. The van der Waals surface area contributed by atoms with E-state index in [0.717, 1.165) is 17.8 Å². The molecular weight excluding hydrogens is 270 g/mol. The van der Waals surface area contributed by atoms with Crippen molar-refractivity contribution in [1.29, 1.82) is 0 Å². The van der Waals surface area contributed by atoms with Crippen molar-refractivity contribution in [2.24, 2.45) is 0 Å². The third kappa shape index (κ3) is 2.26. The summed E-state index contributed by atoms with van der Waals surface area (Å²) in [7, 11) is 1.81. The molecule has 1 unspecified atom stereocenters. The number of amides is 1. The molecule has 3 rings (SSSR count). The molecule has 1 atom stereocenters. The van der Waals surface area contributed by atoms with Gasteiger partial charge in [0.05, 0.1) is 22.6 Å². The molecule has 2 heterocycles. The second-order valence-electron chi connectivity index (χ2n) is 5.50. The Hall–Kier alpha value is -2.37. The van der Waals surface area contributed by atoms with Crippen molar-refractivity contribution in [3.8, 4) is 0 Å². The first kappa shape index (κ1) is 13.6. The molecule has 1 aliphatic rings. The first-order valence-corrected chi connectivity index (χ1v) is 6.93. The van der Waals surface area contributed by atoms with Gasteiger partial charge < -0.3 is 14.6 Å². The number of rotatable bonds is 2. The molecule has 2 aromatic rings. The van der Waals surface area contributed by atoms with Crippen molar-refractivity contribution in [3.05, 3.63) is 29.6 Å². The molecule has 1 aromatic carbocycles. The zero-order valence-corrected chi connectivity index (χ0v) is 12.0. The zero-order valence-electron chi connectivity index (χ0n) is 12.0. The smallest absolute Gasteiger partial charge is 0.335 e. The van der Waals surface area contributed by atoms with Crippen LogP contribution in [0.3, 0.4) is 0 Å². The van der Waals surface area contributed by atoms with Crippen LogP contribution in [0.25, 0.3) is 11.0 Å². The summed E-state index contributed by atoms with van der Waals surface area (Å²) in [5.74, 6) is 0.0638. The Morgan fingerprint density at radius 3 is 2.86 bits per heavy atom. The maximum Gasteiger partial charge on any atom is 0.335 e. The van der Waals surface area contributed by atoms with E-state index in [1.807, 2.05) is 14.0 Å². The minimum atomic E-state index is -0.952. The average Bonchev–Trinajstić information content (AvgIpc) is 2.76. The lowest BCUT2D eigenvalue weighted by Gasteiger charge is -2.31. The number of carbonyl (C=O) groups is 2. The lowest BCUT2D eigenvalue weighted by Crippen LogP contribution is -2.38. The monoisotopic (exact) mass is 287 g/mol. The summed E-state index contributed by atoms with van der Waals surface area (Å²) in [5.41, 5.74) is 1.85. The molecule has 1 aromatic heterocycles. The van der Waals surface area contributed by atoms with Crippen LogP contribution in [0.1, 0.15) is 35.1 Å². The molecule has 6 heteroatoms. The van der Waals surface area contributed by atoms with Crippen LogP contribution in [0.5, 0.6) is 0 Å². The van der Waals surface area contributed by atoms with E-state index in [9.17, 15) is 9.59 Å². The van der Waals surface area contributed by atoms with Gasteiger partial charge in [0.2, 0.25) is 5.91 Å². The van der Waals surface area contributed by atoms with Crippen LogP contribution < -0.4 is 0 Å². The molecule has 1 N–H and O–H groups in total. The van der Waals surface area contributed by atoms with Gasteiger partial charge in [0.1, 0.15) is 5.82 Å². The number of fused-ring (bicyclic) bond motifs is 1. The number of carboxylic acid groups (broad SMARTS) is 1. The highest BCUT2D eigenvalue weighted by Gasteiger charge is 2.26. The summed E-state index contributed by atoms with van der Waals surface area (Å²) in [5, 5.41) is 9.05. The second kappa shape index (κ2) is 4.87. The molecule has 0 radical (unpaired) electrons. The molecule has 0 spiro atoms. The van der Waals surface area contributed by atoms with Gasteiger partial charge >= 0.3 is 5.97 Å². The molecule has 0 saturated carbocycles. The highest BCUT2D eigenvalue weighted by atomic mass is 16.4. The Morgan fingerprint density at radius 1 is 1.43 bits per heavy atom. The van der Waals surface area contributed by atoms with E-state index in [4.69, 9.17) is 5.11 Å². The van der Waals surface area contributed by atoms with Gasteiger partial charge in [-0.2, -0.15) is 0 Å². The number of aromatic nitrogens is 2. The third-order valence-corrected chi connectivity index (χ3v) is 4.08. The lowest BCUT2D eigenvalue weighted by molar-refractivity contribution is -0.132. The first-order valence-electron chi connectivity index (χ1n) is 6.93. The first-order chi connectivity index (χ1) is 9.97. The van der Waals surface area contributed by atoms with Crippen molar-refractivity contribution < 1.29 is 14.7 Å². The molecule has 1 aliphatic heterocycles. The van der Waals surface area contributed by atoms with E-state index in [2.05, 4.69) is 9.55 Å². The fourth-order valence-corrected chi connectivity index (χ4v) is 3.01. The Balaban J connectivity index is 2.04. The van der Waals surface area contributed by atoms with Gasteiger partial charge in [-0.25, -0.2) is 9.78 Å². The number of nitrogens with zero attached hydrogens (tertiary/aromatic N) is 3. The van der Waals surface area contributed by atoms with Crippen LogP contribution in [0.15, 0.2) is 18.2 Å². The van der Waals surface area contributed by atoms with Gasteiger partial charge in [-0.15, -0.1) is 0 Å². The molecule has 6 nitrogen and oxygen atoms in total. The molecule has 1 saturated heterocycles. The number of piperidine rings is 1. The van der Waals surface area contributed by atoms with Gasteiger partial charge in [-0.3, -0.25) is 4.79 Å². The molecule has 0 bridgehead atoms. The van der Waals surface area contributed by atoms with Crippen LogP contribution >= 0.6 is 0 Å². The van der Waals surface area contributed by atoms with Gasteiger partial charge in [0.15, 0.2) is 0 Å². The number of hydrogen-bond donors (Lipinski definition) is 1. The van der Waals surface area contributed by atoms with Gasteiger partial charge in [0, 0.05) is 20.0 Å². The molecule has 1 amide bonds. The number of carbonyl (C=O) groups excluding carboxylic acids is 1. The predicted molar refractivity (Wildman–Crippen MR) is 77.3 cm³/mol. The summed E-state index contributed by atoms with van der Waals surface area (Å²) < 4.78 is 2.11. The zero-order chi connectivity index (χ0) is 15.1. The summed E-state index contributed by atoms with van der Waals surface area (Å²) in [6, 6.07) is 5.18. The van der Waals surface area contributed by atoms with E-state index in [1.165, 1.54) is 0 Å². The molecule has 1 fully saturated rings. The van der Waals surface area contributed by atoms with E-state index in [1.54, 1.807) is 23.1 Å². The fraction of sp³-hybridized carbons (Fsp3) is 0.400. The maximum atomic E-state index is 11.6. The number of carboxylic acids is 1. The Labute approximate surface area is 122 Å². The fourth-order valence-electron chi connectivity index (χ4n) is 3.01. The van der Waals surface area contributed by atoms with Crippen molar-refractivity contribution in [2.75, 3.05) is 13.6 Å². The minimum absolute atomic E-state index is 0.168.